The number of hydrogen-bond acceptors (Lipinski definition) is 4. The van der Waals surface area contributed by atoms with Crippen LogP contribution in [0.3, 0.4) is 0 Å². The van der Waals surface area contributed by atoms with E-state index in [1.165, 1.54) is 17.7 Å². The summed E-state index contributed by atoms with van der Waals surface area (Å²) < 4.78 is 0. The first-order valence-electron chi connectivity index (χ1n) is 7.88. The summed E-state index contributed by atoms with van der Waals surface area (Å²) in [6.45, 7) is 9.76. The SMILES string of the molecule is CNCc1cc(N2CCC(N(C)C)C2)nc(C(C)(C)C)c1. The zero-order valence-corrected chi connectivity index (χ0v) is 14.4. The Morgan fingerprint density at radius 3 is 2.57 bits per heavy atom. The molecule has 1 aliphatic rings. The molecule has 0 spiro atoms. The van der Waals surface area contributed by atoms with Gasteiger partial charge in [0.15, 0.2) is 0 Å². The van der Waals surface area contributed by atoms with Crippen LogP contribution in [0.25, 0.3) is 0 Å². The van der Waals surface area contributed by atoms with Crippen LogP contribution >= 0.6 is 0 Å². The van der Waals surface area contributed by atoms with Gasteiger partial charge >= 0.3 is 0 Å². The normalized spacial score (nSPS) is 19.6. The van der Waals surface area contributed by atoms with Crippen LogP contribution in [0, 0.1) is 0 Å². The van der Waals surface area contributed by atoms with Crippen molar-refractivity contribution in [2.75, 3.05) is 39.1 Å². The van der Waals surface area contributed by atoms with Crippen molar-refractivity contribution < 1.29 is 0 Å². The van der Waals surface area contributed by atoms with Gasteiger partial charge in [-0.15, -0.1) is 0 Å². The van der Waals surface area contributed by atoms with Crippen LogP contribution in [0.1, 0.15) is 38.4 Å². The van der Waals surface area contributed by atoms with Gasteiger partial charge in [-0.1, -0.05) is 20.8 Å². The second-order valence-corrected chi connectivity index (χ2v) is 7.35. The lowest BCUT2D eigenvalue weighted by Crippen LogP contribution is -2.32. The highest BCUT2D eigenvalue weighted by Crippen LogP contribution is 2.27. The molecule has 1 aromatic rings. The maximum Gasteiger partial charge on any atom is 0.129 e. The fraction of sp³-hybridized carbons (Fsp3) is 0.706. The van der Waals surface area contributed by atoms with Gasteiger partial charge in [0.25, 0.3) is 0 Å². The van der Waals surface area contributed by atoms with Crippen LogP contribution in [-0.4, -0.2) is 50.2 Å². The fourth-order valence-electron chi connectivity index (χ4n) is 2.79. The number of aromatic nitrogens is 1. The summed E-state index contributed by atoms with van der Waals surface area (Å²) in [5.41, 5.74) is 2.58. The Labute approximate surface area is 129 Å². The Hall–Kier alpha value is -1.13. The van der Waals surface area contributed by atoms with Gasteiger partial charge in [-0.3, -0.25) is 0 Å². The Bertz CT molecular complexity index is 476. The molecule has 0 aromatic carbocycles. The van der Waals surface area contributed by atoms with E-state index in [4.69, 9.17) is 4.98 Å². The fourth-order valence-corrected chi connectivity index (χ4v) is 2.79. The van der Waals surface area contributed by atoms with Gasteiger partial charge in [0.05, 0.1) is 0 Å². The van der Waals surface area contributed by atoms with Crippen molar-refractivity contribution in [1.82, 2.24) is 15.2 Å². The van der Waals surface area contributed by atoms with Crippen molar-refractivity contribution in [2.24, 2.45) is 0 Å². The van der Waals surface area contributed by atoms with E-state index in [1.807, 2.05) is 7.05 Å². The van der Waals surface area contributed by atoms with Crippen LogP contribution in [0.15, 0.2) is 12.1 Å². The van der Waals surface area contributed by atoms with Crippen molar-refractivity contribution in [2.45, 2.75) is 45.2 Å². The van der Waals surface area contributed by atoms with Crippen LogP contribution in [0.2, 0.25) is 0 Å². The number of anilines is 1. The quantitative estimate of drug-likeness (QED) is 0.921. The molecule has 0 bridgehead atoms. The molecule has 2 rings (SSSR count). The van der Waals surface area contributed by atoms with E-state index >= 15 is 0 Å². The molecule has 4 heteroatoms. The van der Waals surface area contributed by atoms with E-state index in [2.05, 4.69) is 62.1 Å². The summed E-state index contributed by atoms with van der Waals surface area (Å²) in [5, 5.41) is 3.25. The Kier molecular flexibility index (Phi) is 4.89. The molecule has 1 unspecified atom stereocenters. The van der Waals surface area contributed by atoms with Crippen molar-refractivity contribution in [3.8, 4) is 0 Å². The zero-order chi connectivity index (χ0) is 15.6. The first-order valence-corrected chi connectivity index (χ1v) is 7.88. The molecule has 0 radical (unpaired) electrons. The lowest BCUT2D eigenvalue weighted by Gasteiger charge is -2.25. The summed E-state index contributed by atoms with van der Waals surface area (Å²) >= 11 is 0. The molecule has 1 atom stereocenters. The molecule has 2 heterocycles. The van der Waals surface area contributed by atoms with Crippen molar-refractivity contribution >= 4 is 5.82 Å². The molecule has 0 saturated carbocycles. The van der Waals surface area contributed by atoms with E-state index < -0.39 is 0 Å². The summed E-state index contributed by atoms with van der Waals surface area (Å²) in [6, 6.07) is 5.11. The highest BCUT2D eigenvalue weighted by Gasteiger charge is 2.26. The van der Waals surface area contributed by atoms with Gasteiger partial charge in [-0.25, -0.2) is 4.98 Å². The minimum Gasteiger partial charge on any atom is -0.355 e. The molecule has 21 heavy (non-hydrogen) atoms. The highest BCUT2D eigenvalue weighted by atomic mass is 15.3. The molecule has 1 aliphatic heterocycles. The minimum atomic E-state index is 0.0825. The molecule has 118 valence electrons. The molecule has 1 fully saturated rings. The summed E-state index contributed by atoms with van der Waals surface area (Å²) in [4.78, 5) is 9.69. The Balaban J connectivity index is 2.28. The largest absolute Gasteiger partial charge is 0.355 e. The maximum absolute atomic E-state index is 4.94. The second kappa shape index (κ2) is 6.32. The first kappa shape index (κ1) is 16.2. The summed E-state index contributed by atoms with van der Waals surface area (Å²) in [6.07, 6.45) is 1.22. The van der Waals surface area contributed by atoms with Gasteiger partial charge in [0, 0.05) is 36.8 Å². The van der Waals surface area contributed by atoms with Gasteiger partial charge < -0.3 is 15.1 Å². The standard InChI is InChI=1S/C17H30N4/c1-17(2,3)15-9-13(11-18-4)10-16(19-15)21-8-7-14(12-21)20(5)6/h9-10,14,18H,7-8,11-12H2,1-6H3. The van der Waals surface area contributed by atoms with Crippen LogP contribution in [-0.2, 0) is 12.0 Å². The lowest BCUT2D eigenvalue weighted by molar-refractivity contribution is 0.315. The van der Waals surface area contributed by atoms with Crippen molar-refractivity contribution in [1.29, 1.82) is 0 Å². The van der Waals surface area contributed by atoms with Crippen LogP contribution < -0.4 is 10.2 Å². The number of nitrogens with zero attached hydrogens (tertiary/aromatic N) is 3. The summed E-state index contributed by atoms with van der Waals surface area (Å²) in [5.74, 6) is 1.14. The van der Waals surface area contributed by atoms with Crippen LogP contribution in [0.4, 0.5) is 5.82 Å². The molecular weight excluding hydrogens is 260 g/mol. The Morgan fingerprint density at radius 2 is 2.05 bits per heavy atom. The van der Waals surface area contributed by atoms with Crippen molar-refractivity contribution in [3.05, 3.63) is 23.4 Å². The van der Waals surface area contributed by atoms with Gasteiger partial charge in [-0.2, -0.15) is 0 Å². The van der Waals surface area contributed by atoms with E-state index in [-0.39, 0.29) is 5.41 Å². The number of hydrogen-bond donors (Lipinski definition) is 1. The lowest BCUT2D eigenvalue weighted by atomic mass is 9.90. The predicted octanol–water partition coefficient (Wildman–Crippen LogP) is 2.24. The van der Waals surface area contributed by atoms with E-state index in [1.54, 1.807) is 0 Å². The van der Waals surface area contributed by atoms with Crippen LogP contribution in [0.5, 0.6) is 0 Å². The van der Waals surface area contributed by atoms with E-state index in [0.717, 1.165) is 25.5 Å². The van der Waals surface area contributed by atoms with E-state index in [0.29, 0.717) is 6.04 Å². The second-order valence-electron chi connectivity index (χ2n) is 7.35. The molecule has 0 aliphatic carbocycles. The number of pyridine rings is 1. The third-order valence-corrected chi connectivity index (χ3v) is 4.24. The Morgan fingerprint density at radius 1 is 1.33 bits per heavy atom. The highest BCUT2D eigenvalue weighted by molar-refractivity contribution is 5.45. The predicted molar refractivity (Wildman–Crippen MR) is 90.0 cm³/mol. The van der Waals surface area contributed by atoms with Gasteiger partial charge in [0.2, 0.25) is 0 Å². The first-order chi connectivity index (χ1) is 9.81. The van der Waals surface area contributed by atoms with Gasteiger partial charge in [0.1, 0.15) is 5.82 Å². The monoisotopic (exact) mass is 290 g/mol. The average molecular weight is 290 g/mol. The molecule has 0 amide bonds. The van der Waals surface area contributed by atoms with Gasteiger partial charge in [-0.05, 0) is 45.3 Å². The molecular formula is C17H30N4. The summed E-state index contributed by atoms with van der Waals surface area (Å²) in [7, 11) is 6.33. The third kappa shape index (κ3) is 3.95. The molecule has 4 nitrogen and oxygen atoms in total. The molecule has 1 saturated heterocycles. The van der Waals surface area contributed by atoms with E-state index in [9.17, 15) is 0 Å². The smallest absolute Gasteiger partial charge is 0.129 e. The topological polar surface area (TPSA) is 31.4 Å². The third-order valence-electron chi connectivity index (χ3n) is 4.24. The zero-order valence-electron chi connectivity index (χ0n) is 14.4. The number of nitrogens with one attached hydrogen (secondary N) is 1. The number of likely N-dealkylation sites (N-methyl/N-ethyl adjacent to an activating group) is 1. The molecule has 1 N–H and O–H groups in total. The average Bonchev–Trinajstić information content (AvgIpc) is 2.87. The maximum atomic E-state index is 4.94. The minimum absolute atomic E-state index is 0.0825. The number of rotatable bonds is 4. The van der Waals surface area contributed by atoms with Crippen molar-refractivity contribution in [3.63, 3.8) is 0 Å². The molecule has 1 aromatic heterocycles.